The van der Waals surface area contributed by atoms with Crippen LogP contribution in [0, 0.1) is 5.82 Å². The number of hydrogen-bond acceptors (Lipinski definition) is 2. The second kappa shape index (κ2) is 5.45. The van der Waals surface area contributed by atoms with Gasteiger partial charge in [-0.25, -0.2) is 4.39 Å². The SMILES string of the molecule is C=CCN(CC)c1cccc(F)c1C(C)=O. The predicted octanol–water partition coefficient (Wildman–Crippen LogP) is 3.04. The minimum Gasteiger partial charge on any atom is -0.367 e. The normalized spacial score (nSPS) is 9.94. The van der Waals surface area contributed by atoms with Gasteiger partial charge in [-0.15, -0.1) is 6.58 Å². The van der Waals surface area contributed by atoms with E-state index in [0.717, 1.165) is 0 Å². The van der Waals surface area contributed by atoms with Crippen molar-refractivity contribution >= 4 is 11.5 Å². The first kappa shape index (κ1) is 12.4. The molecule has 0 atom stereocenters. The molecule has 0 saturated carbocycles. The van der Waals surface area contributed by atoms with Crippen LogP contribution in [0.4, 0.5) is 10.1 Å². The van der Waals surface area contributed by atoms with Crippen LogP contribution in [0.5, 0.6) is 0 Å². The summed E-state index contributed by atoms with van der Waals surface area (Å²) in [6, 6.07) is 4.68. The second-order valence-electron chi connectivity index (χ2n) is 3.52. The van der Waals surface area contributed by atoms with Gasteiger partial charge in [-0.1, -0.05) is 12.1 Å². The molecule has 0 aromatic heterocycles. The molecule has 0 spiro atoms. The van der Waals surface area contributed by atoms with E-state index in [1.807, 2.05) is 11.8 Å². The Labute approximate surface area is 95.4 Å². The fraction of sp³-hybridized carbons (Fsp3) is 0.308. The van der Waals surface area contributed by atoms with Crippen molar-refractivity contribution in [2.45, 2.75) is 13.8 Å². The lowest BCUT2D eigenvalue weighted by Gasteiger charge is -2.23. The highest BCUT2D eigenvalue weighted by atomic mass is 19.1. The van der Waals surface area contributed by atoms with E-state index in [-0.39, 0.29) is 11.3 Å². The van der Waals surface area contributed by atoms with Crippen LogP contribution < -0.4 is 4.90 Å². The monoisotopic (exact) mass is 221 g/mol. The van der Waals surface area contributed by atoms with E-state index in [0.29, 0.717) is 18.8 Å². The van der Waals surface area contributed by atoms with Crippen LogP contribution in [0.3, 0.4) is 0 Å². The molecule has 0 N–H and O–H groups in total. The summed E-state index contributed by atoms with van der Waals surface area (Å²) in [6.07, 6.45) is 1.73. The Morgan fingerprint density at radius 1 is 1.56 bits per heavy atom. The minimum atomic E-state index is -0.465. The fourth-order valence-electron chi connectivity index (χ4n) is 1.68. The zero-order valence-corrected chi connectivity index (χ0v) is 9.66. The summed E-state index contributed by atoms with van der Waals surface area (Å²) < 4.78 is 13.6. The highest BCUT2D eigenvalue weighted by Gasteiger charge is 2.16. The lowest BCUT2D eigenvalue weighted by atomic mass is 10.1. The predicted molar refractivity (Wildman–Crippen MR) is 64.5 cm³/mol. The number of nitrogens with zero attached hydrogens (tertiary/aromatic N) is 1. The molecule has 0 unspecified atom stereocenters. The summed E-state index contributed by atoms with van der Waals surface area (Å²) in [5.74, 6) is -0.719. The van der Waals surface area contributed by atoms with Gasteiger partial charge in [-0.3, -0.25) is 4.79 Å². The highest BCUT2D eigenvalue weighted by molar-refractivity contribution is 6.00. The Bertz CT molecular complexity index is 401. The Morgan fingerprint density at radius 2 is 2.25 bits per heavy atom. The average molecular weight is 221 g/mol. The van der Waals surface area contributed by atoms with E-state index >= 15 is 0 Å². The van der Waals surface area contributed by atoms with E-state index in [4.69, 9.17) is 0 Å². The largest absolute Gasteiger partial charge is 0.367 e. The molecule has 3 heteroatoms. The summed E-state index contributed by atoms with van der Waals surface area (Å²) in [4.78, 5) is 13.3. The van der Waals surface area contributed by atoms with Crippen LogP contribution in [-0.4, -0.2) is 18.9 Å². The molecule has 1 rings (SSSR count). The number of Topliss-reactive ketones (excluding diaryl/α,β-unsaturated/α-hetero) is 1. The van der Waals surface area contributed by atoms with Crippen LogP contribution >= 0.6 is 0 Å². The molecule has 0 aliphatic heterocycles. The van der Waals surface area contributed by atoms with Gasteiger partial charge >= 0.3 is 0 Å². The van der Waals surface area contributed by atoms with Gasteiger partial charge in [0.15, 0.2) is 5.78 Å². The van der Waals surface area contributed by atoms with Crippen LogP contribution in [0.25, 0.3) is 0 Å². The molecule has 0 fully saturated rings. The van der Waals surface area contributed by atoms with Crippen molar-refractivity contribution in [3.8, 4) is 0 Å². The van der Waals surface area contributed by atoms with Crippen molar-refractivity contribution in [2.24, 2.45) is 0 Å². The van der Waals surface area contributed by atoms with Gasteiger partial charge in [-0.05, 0) is 26.0 Å². The van der Waals surface area contributed by atoms with Crippen molar-refractivity contribution in [1.29, 1.82) is 0 Å². The summed E-state index contributed by atoms with van der Waals surface area (Å²) >= 11 is 0. The molecule has 86 valence electrons. The summed E-state index contributed by atoms with van der Waals surface area (Å²) in [7, 11) is 0. The molecular weight excluding hydrogens is 205 g/mol. The summed E-state index contributed by atoms with van der Waals surface area (Å²) in [5.41, 5.74) is 0.793. The van der Waals surface area contributed by atoms with Crippen molar-refractivity contribution in [3.63, 3.8) is 0 Å². The van der Waals surface area contributed by atoms with Gasteiger partial charge in [0, 0.05) is 13.1 Å². The number of halogens is 1. The molecule has 1 aromatic carbocycles. The van der Waals surface area contributed by atoms with Crippen LogP contribution in [0.2, 0.25) is 0 Å². The maximum Gasteiger partial charge on any atom is 0.164 e. The summed E-state index contributed by atoms with van der Waals surface area (Å²) in [6.45, 7) is 8.29. The maximum absolute atomic E-state index is 13.6. The number of carbonyl (C=O) groups excluding carboxylic acids is 1. The molecule has 2 nitrogen and oxygen atoms in total. The molecule has 0 amide bonds. The van der Waals surface area contributed by atoms with Crippen molar-refractivity contribution in [1.82, 2.24) is 0 Å². The molecule has 16 heavy (non-hydrogen) atoms. The third kappa shape index (κ3) is 2.48. The maximum atomic E-state index is 13.6. The number of carbonyl (C=O) groups is 1. The first-order chi connectivity index (χ1) is 7.61. The molecule has 0 heterocycles. The van der Waals surface area contributed by atoms with Gasteiger partial charge in [0.05, 0.1) is 11.3 Å². The van der Waals surface area contributed by atoms with E-state index in [1.165, 1.54) is 13.0 Å². The second-order valence-corrected chi connectivity index (χ2v) is 3.52. The first-order valence-electron chi connectivity index (χ1n) is 5.27. The van der Waals surface area contributed by atoms with E-state index in [9.17, 15) is 9.18 Å². The molecule has 0 saturated heterocycles. The Kier molecular flexibility index (Phi) is 4.23. The van der Waals surface area contributed by atoms with E-state index < -0.39 is 5.82 Å². The van der Waals surface area contributed by atoms with Gasteiger partial charge in [-0.2, -0.15) is 0 Å². The summed E-state index contributed by atoms with van der Waals surface area (Å²) in [5, 5.41) is 0. The topological polar surface area (TPSA) is 20.3 Å². The third-order valence-electron chi connectivity index (χ3n) is 2.42. The van der Waals surface area contributed by atoms with Crippen LogP contribution in [0.15, 0.2) is 30.9 Å². The van der Waals surface area contributed by atoms with Crippen molar-refractivity contribution in [2.75, 3.05) is 18.0 Å². The molecule has 1 aromatic rings. The van der Waals surface area contributed by atoms with Crippen molar-refractivity contribution < 1.29 is 9.18 Å². The average Bonchev–Trinajstić information content (AvgIpc) is 2.25. The quantitative estimate of drug-likeness (QED) is 0.562. The number of ketones is 1. The van der Waals surface area contributed by atoms with Crippen LogP contribution in [0.1, 0.15) is 24.2 Å². The van der Waals surface area contributed by atoms with Gasteiger partial charge in [0.25, 0.3) is 0 Å². The lowest BCUT2D eigenvalue weighted by Crippen LogP contribution is -2.24. The minimum absolute atomic E-state index is 0.159. The van der Waals surface area contributed by atoms with Crippen molar-refractivity contribution in [3.05, 3.63) is 42.2 Å². The number of anilines is 1. The molecule has 0 aliphatic carbocycles. The van der Waals surface area contributed by atoms with E-state index in [1.54, 1.807) is 18.2 Å². The van der Waals surface area contributed by atoms with Gasteiger partial charge in [0.1, 0.15) is 5.82 Å². The fourth-order valence-corrected chi connectivity index (χ4v) is 1.68. The molecular formula is C13H16FNO. The number of benzene rings is 1. The zero-order valence-electron chi connectivity index (χ0n) is 9.66. The zero-order chi connectivity index (χ0) is 12.1. The number of rotatable bonds is 5. The number of likely N-dealkylation sites (N-methyl/N-ethyl adjacent to an activating group) is 1. The highest BCUT2D eigenvalue weighted by Crippen LogP contribution is 2.23. The Morgan fingerprint density at radius 3 is 2.75 bits per heavy atom. The molecule has 0 aliphatic rings. The number of hydrogen-bond donors (Lipinski definition) is 0. The Hall–Kier alpha value is -1.64. The lowest BCUT2D eigenvalue weighted by molar-refractivity contribution is 0.101. The van der Waals surface area contributed by atoms with Gasteiger partial charge in [0.2, 0.25) is 0 Å². The smallest absolute Gasteiger partial charge is 0.164 e. The van der Waals surface area contributed by atoms with Crippen LogP contribution in [-0.2, 0) is 0 Å². The Balaban J connectivity index is 3.25. The van der Waals surface area contributed by atoms with Gasteiger partial charge < -0.3 is 4.90 Å². The first-order valence-corrected chi connectivity index (χ1v) is 5.27. The molecule has 0 radical (unpaired) electrons. The standard InChI is InChI=1S/C13H16FNO/c1-4-9-15(5-2)12-8-6-7-11(14)13(12)10(3)16/h4,6-8H,1,5,9H2,2-3H3. The molecule has 0 bridgehead atoms. The third-order valence-corrected chi connectivity index (χ3v) is 2.42. The van der Waals surface area contributed by atoms with E-state index in [2.05, 4.69) is 6.58 Å².